The third-order valence-corrected chi connectivity index (χ3v) is 5.26. The number of rotatable bonds is 15. The van der Waals surface area contributed by atoms with Crippen molar-refractivity contribution >= 4 is 29.7 Å². The van der Waals surface area contributed by atoms with E-state index >= 15 is 0 Å². The lowest BCUT2D eigenvalue weighted by Crippen LogP contribution is -2.58. The van der Waals surface area contributed by atoms with Crippen LogP contribution in [0.4, 0.5) is 0 Å². The third-order valence-electron chi connectivity index (χ3n) is 5.26. The molecule has 0 spiro atoms. The molecule has 3 amide bonds. The number of carbonyl (C=O) groups excluding carboxylic acids is 3. The molecular weight excluding hydrogens is 470 g/mol. The second-order valence-electron chi connectivity index (χ2n) is 8.62. The van der Waals surface area contributed by atoms with Crippen LogP contribution in [-0.4, -0.2) is 77.2 Å². The van der Waals surface area contributed by atoms with Gasteiger partial charge in [0, 0.05) is 6.54 Å². The van der Waals surface area contributed by atoms with Crippen LogP contribution in [0.2, 0.25) is 0 Å². The van der Waals surface area contributed by atoms with E-state index in [0.29, 0.717) is 0 Å². The minimum Gasteiger partial charge on any atom is -0.480 e. The Kier molecular flexibility index (Phi) is 12.9. The first-order valence-electron chi connectivity index (χ1n) is 11.6. The molecule has 0 radical (unpaired) electrons. The lowest BCUT2D eigenvalue weighted by atomic mass is 10.0. The smallest absolute Gasteiger partial charge is 0.326 e. The fraction of sp³-hybridized carbons (Fsp3) is 0.522. The van der Waals surface area contributed by atoms with Crippen LogP contribution in [-0.2, 0) is 25.6 Å². The summed E-state index contributed by atoms with van der Waals surface area (Å²) in [5, 5.41) is 26.3. The van der Waals surface area contributed by atoms with Crippen LogP contribution in [0.15, 0.2) is 35.3 Å². The van der Waals surface area contributed by atoms with Crippen LogP contribution in [0, 0.1) is 5.92 Å². The highest BCUT2D eigenvalue weighted by molar-refractivity contribution is 5.94. The van der Waals surface area contributed by atoms with E-state index in [9.17, 15) is 29.4 Å². The van der Waals surface area contributed by atoms with Crippen LogP contribution < -0.4 is 33.2 Å². The first-order valence-corrected chi connectivity index (χ1v) is 11.6. The summed E-state index contributed by atoms with van der Waals surface area (Å²) in [4.78, 5) is 53.4. The number of carbonyl (C=O) groups is 4. The topological polar surface area (TPSA) is 235 Å². The number of aliphatic hydroxyl groups is 1. The molecule has 0 aliphatic heterocycles. The molecule has 13 heteroatoms. The lowest BCUT2D eigenvalue weighted by molar-refractivity contribution is -0.143. The Morgan fingerprint density at radius 2 is 1.53 bits per heavy atom. The SMILES string of the molecule is CC(C)C(NC(=O)C(CCCN=C(N)N)NC(=O)C(CO)NC(=O)C(N)Cc1ccccc1)C(=O)O. The Morgan fingerprint density at radius 1 is 0.944 bits per heavy atom. The van der Waals surface area contributed by atoms with Crippen molar-refractivity contribution in [2.45, 2.75) is 57.3 Å². The van der Waals surface area contributed by atoms with Crippen LogP contribution in [0.5, 0.6) is 0 Å². The highest BCUT2D eigenvalue weighted by atomic mass is 16.4. The maximum absolute atomic E-state index is 12.8. The van der Waals surface area contributed by atoms with Gasteiger partial charge in [0.25, 0.3) is 0 Å². The van der Waals surface area contributed by atoms with E-state index in [4.69, 9.17) is 17.2 Å². The fourth-order valence-electron chi connectivity index (χ4n) is 3.25. The summed E-state index contributed by atoms with van der Waals surface area (Å²) in [7, 11) is 0. The van der Waals surface area contributed by atoms with Gasteiger partial charge in [0.2, 0.25) is 17.7 Å². The summed E-state index contributed by atoms with van der Waals surface area (Å²) in [5.41, 5.74) is 17.4. The quantitative estimate of drug-likeness (QED) is 0.0729. The Labute approximate surface area is 209 Å². The molecule has 0 bridgehead atoms. The summed E-state index contributed by atoms with van der Waals surface area (Å²) in [6.45, 7) is 2.67. The minimum absolute atomic E-state index is 0.0679. The number of carboxylic acid groups (broad SMARTS) is 1. The summed E-state index contributed by atoms with van der Waals surface area (Å²) >= 11 is 0. The van der Waals surface area contributed by atoms with Gasteiger partial charge in [0.1, 0.15) is 18.1 Å². The van der Waals surface area contributed by atoms with Crippen molar-refractivity contribution in [2.24, 2.45) is 28.1 Å². The van der Waals surface area contributed by atoms with Crippen LogP contribution in [0.1, 0.15) is 32.3 Å². The molecule has 0 aromatic heterocycles. The van der Waals surface area contributed by atoms with Gasteiger partial charge in [-0.15, -0.1) is 0 Å². The summed E-state index contributed by atoms with van der Waals surface area (Å²) in [6, 6.07) is 4.32. The number of hydrogen-bond donors (Lipinski definition) is 8. The number of benzene rings is 1. The van der Waals surface area contributed by atoms with Gasteiger partial charge in [-0.25, -0.2) is 4.79 Å². The van der Waals surface area contributed by atoms with Crippen molar-refractivity contribution in [3.63, 3.8) is 0 Å². The molecule has 4 unspecified atom stereocenters. The number of nitrogens with two attached hydrogens (primary N) is 3. The normalized spacial score (nSPS) is 14.1. The Hall–Kier alpha value is -3.71. The Bertz CT molecular complexity index is 905. The van der Waals surface area contributed by atoms with E-state index < -0.39 is 60.4 Å². The molecule has 11 N–H and O–H groups in total. The number of carboxylic acids is 1. The molecule has 0 fully saturated rings. The molecule has 0 heterocycles. The maximum atomic E-state index is 12.8. The number of hydrogen-bond acceptors (Lipinski definition) is 7. The number of aliphatic carboxylic acids is 1. The molecular formula is C23H37N7O6. The van der Waals surface area contributed by atoms with E-state index in [1.54, 1.807) is 38.1 Å². The van der Waals surface area contributed by atoms with Crippen molar-refractivity contribution in [3.05, 3.63) is 35.9 Å². The largest absolute Gasteiger partial charge is 0.480 e. The van der Waals surface area contributed by atoms with Crippen molar-refractivity contribution in [1.29, 1.82) is 0 Å². The van der Waals surface area contributed by atoms with Gasteiger partial charge in [0.05, 0.1) is 12.6 Å². The number of guanidine groups is 1. The standard InChI is InChI=1S/C23H37N7O6/c1-13(2)18(22(35)36)30-20(33)16(9-6-10-27-23(25)26)28-21(34)17(12-31)29-19(32)15(24)11-14-7-4-3-5-8-14/h3-5,7-8,13,15-18,31H,6,9-12,24H2,1-2H3,(H,28,34)(H,29,32)(H,30,33)(H,35,36)(H4,25,26,27). The van der Waals surface area contributed by atoms with Crippen LogP contribution in [0.25, 0.3) is 0 Å². The molecule has 0 aliphatic carbocycles. The average molecular weight is 508 g/mol. The van der Waals surface area contributed by atoms with Crippen molar-refractivity contribution in [3.8, 4) is 0 Å². The summed E-state index contributed by atoms with van der Waals surface area (Å²) < 4.78 is 0. The molecule has 0 saturated heterocycles. The van der Waals surface area contributed by atoms with Gasteiger partial charge in [-0.1, -0.05) is 44.2 Å². The predicted molar refractivity (Wildman–Crippen MR) is 133 cm³/mol. The highest BCUT2D eigenvalue weighted by Crippen LogP contribution is 2.06. The first kappa shape index (κ1) is 30.3. The molecule has 0 aliphatic rings. The van der Waals surface area contributed by atoms with Crippen molar-refractivity contribution < 1.29 is 29.4 Å². The molecule has 200 valence electrons. The zero-order valence-electron chi connectivity index (χ0n) is 20.5. The zero-order valence-corrected chi connectivity index (χ0v) is 20.5. The monoisotopic (exact) mass is 507 g/mol. The molecule has 4 atom stereocenters. The van der Waals surface area contributed by atoms with Gasteiger partial charge in [-0.05, 0) is 30.7 Å². The molecule has 13 nitrogen and oxygen atoms in total. The Morgan fingerprint density at radius 3 is 2.06 bits per heavy atom. The Balaban J connectivity index is 2.88. The molecule has 1 aromatic rings. The number of nitrogens with one attached hydrogen (secondary N) is 3. The minimum atomic E-state index is -1.38. The molecule has 36 heavy (non-hydrogen) atoms. The number of amides is 3. The van der Waals surface area contributed by atoms with Crippen molar-refractivity contribution in [1.82, 2.24) is 16.0 Å². The third kappa shape index (κ3) is 10.7. The van der Waals surface area contributed by atoms with Gasteiger partial charge in [0.15, 0.2) is 5.96 Å². The van der Waals surface area contributed by atoms with E-state index in [0.717, 1.165) is 5.56 Å². The van der Waals surface area contributed by atoms with E-state index in [1.165, 1.54) is 0 Å². The lowest BCUT2D eigenvalue weighted by Gasteiger charge is -2.25. The predicted octanol–water partition coefficient (Wildman–Crippen LogP) is -2.20. The maximum Gasteiger partial charge on any atom is 0.326 e. The summed E-state index contributed by atoms with van der Waals surface area (Å²) in [5.74, 6) is -4.01. The van der Waals surface area contributed by atoms with Crippen molar-refractivity contribution in [2.75, 3.05) is 13.2 Å². The van der Waals surface area contributed by atoms with Gasteiger partial charge >= 0.3 is 5.97 Å². The van der Waals surface area contributed by atoms with E-state index in [1.807, 2.05) is 6.07 Å². The highest BCUT2D eigenvalue weighted by Gasteiger charge is 2.31. The van der Waals surface area contributed by atoms with Gasteiger partial charge in [-0.2, -0.15) is 0 Å². The number of aliphatic imine (C=N–C) groups is 1. The zero-order chi connectivity index (χ0) is 27.3. The van der Waals surface area contributed by atoms with Gasteiger partial charge < -0.3 is 43.4 Å². The molecule has 0 saturated carbocycles. The first-order chi connectivity index (χ1) is 17.0. The van der Waals surface area contributed by atoms with Gasteiger partial charge in [-0.3, -0.25) is 19.4 Å². The molecule has 1 aromatic carbocycles. The second-order valence-corrected chi connectivity index (χ2v) is 8.62. The average Bonchev–Trinajstić information content (AvgIpc) is 2.82. The number of nitrogens with zero attached hydrogens (tertiary/aromatic N) is 1. The molecule has 1 rings (SSSR count). The van der Waals surface area contributed by atoms with E-state index in [2.05, 4.69) is 20.9 Å². The fourth-order valence-corrected chi connectivity index (χ4v) is 3.25. The van der Waals surface area contributed by atoms with Crippen LogP contribution >= 0.6 is 0 Å². The summed E-state index contributed by atoms with van der Waals surface area (Å²) in [6.07, 6.45) is 0.570. The van der Waals surface area contributed by atoms with E-state index in [-0.39, 0.29) is 31.8 Å². The second kappa shape index (κ2) is 15.3. The number of aliphatic hydroxyl groups excluding tert-OH is 1. The van der Waals surface area contributed by atoms with Crippen LogP contribution in [0.3, 0.4) is 0 Å².